The lowest BCUT2D eigenvalue weighted by Crippen LogP contribution is -2.26. The number of nitrogens with one attached hydrogen (secondary N) is 1. The zero-order chi connectivity index (χ0) is 25.1. The number of anilines is 2. The highest BCUT2D eigenvalue weighted by molar-refractivity contribution is 5.80. The normalized spacial score (nSPS) is 16.5. The van der Waals surface area contributed by atoms with Crippen LogP contribution in [-0.4, -0.2) is 42.4 Å². The summed E-state index contributed by atoms with van der Waals surface area (Å²) in [6, 6.07) is 11.8. The summed E-state index contributed by atoms with van der Waals surface area (Å²) in [5, 5.41) is 3.75. The van der Waals surface area contributed by atoms with Gasteiger partial charge in [-0.15, -0.1) is 0 Å². The molecule has 0 radical (unpaired) electrons. The number of fused-ring (bicyclic) bond motifs is 6. The van der Waals surface area contributed by atoms with Gasteiger partial charge >= 0.3 is 5.76 Å². The van der Waals surface area contributed by atoms with Gasteiger partial charge in [-0.3, -0.25) is 9.36 Å². The van der Waals surface area contributed by atoms with Crippen molar-refractivity contribution in [1.82, 2.24) is 28.8 Å². The Labute approximate surface area is 211 Å². The van der Waals surface area contributed by atoms with E-state index < -0.39 is 0 Å². The van der Waals surface area contributed by atoms with Crippen molar-refractivity contribution in [2.75, 3.05) is 18.9 Å². The van der Waals surface area contributed by atoms with Gasteiger partial charge in [-0.2, -0.15) is 4.98 Å². The van der Waals surface area contributed by atoms with Gasteiger partial charge in [-0.05, 0) is 61.3 Å². The minimum Gasteiger partial charge on any atom is -0.408 e. The van der Waals surface area contributed by atoms with E-state index >= 15 is 0 Å². The molecule has 10 heteroatoms. The van der Waals surface area contributed by atoms with Crippen LogP contribution >= 0.6 is 0 Å². The smallest absolute Gasteiger partial charge is 0.408 e. The predicted octanol–water partition coefficient (Wildman–Crippen LogP) is 3.18. The number of aryl methyl sites for hydroxylation is 1. The monoisotopic (exact) mass is 495 g/mol. The Bertz CT molecular complexity index is 1840. The van der Waals surface area contributed by atoms with Gasteiger partial charge in [0.2, 0.25) is 5.95 Å². The van der Waals surface area contributed by atoms with Gasteiger partial charge < -0.3 is 14.6 Å². The molecular formula is C27H25N7O3. The average Bonchev–Trinajstić information content (AvgIpc) is 3.34. The van der Waals surface area contributed by atoms with Gasteiger partial charge in [-0.1, -0.05) is 18.2 Å². The van der Waals surface area contributed by atoms with E-state index in [4.69, 9.17) is 9.40 Å². The summed E-state index contributed by atoms with van der Waals surface area (Å²) in [5.41, 5.74) is 5.79. The zero-order valence-electron chi connectivity index (χ0n) is 20.3. The van der Waals surface area contributed by atoms with Crippen LogP contribution in [0.3, 0.4) is 0 Å². The number of benzene rings is 2. The first-order valence-electron chi connectivity index (χ1n) is 12.4. The molecule has 3 aromatic heterocycles. The molecule has 0 saturated heterocycles. The van der Waals surface area contributed by atoms with Crippen LogP contribution in [0.5, 0.6) is 0 Å². The summed E-state index contributed by atoms with van der Waals surface area (Å²) in [4.78, 5) is 37.3. The van der Waals surface area contributed by atoms with Crippen molar-refractivity contribution in [2.45, 2.75) is 32.5 Å². The number of allylic oxidation sites excluding steroid dienone is 2. The molecule has 5 heterocycles. The van der Waals surface area contributed by atoms with Crippen LogP contribution in [0.4, 0.5) is 11.6 Å². The molecule has 2 aromatic carbocycles. The molecule has 0 spiro atoms. The van der Waals surface area contributed by atoms with E-state index in [1.165, 1.54) is 11.1 Å². The Morgan fingerprint density at radius 1 is 1.03 bits per heavy atom. The fraction of sp³-hybridized carbons (Fsp3) is 0.259. The van der Waals surface area contributed by atoms with Gasteiger partial charge in [-0.25, -0.2) is 19.1 Å². The number of nitrogens with zero attached hydrogens (tertiary/aromatic N) is 6. The topological polar surface area (TPSA) is 103 Å². The second-order valence-corrected chi connectivity index (χ2v) is 9.66. The molecule has 0 saturated carbocycles. The van der Waals surface area contributed by atoms with Crippen molar-refractivity contribution in [3.63, 3.8) is 0 Å². The predicted molar refractivity (Wildman–Crippen MR) is 141 cm³/mol. The molecule has 0 aliphatic carbocycles. The molecule has 7 rings (SSSR count). The molecule has 0 atom stereocenters. The molecule has 2 aliphatic heterocycles. The number of oxazole rings is 1. The van der Waals surface area contributed by atoms with E-state index in [0.717, 1.165) is 25.2 Å². The van der Waals surface area contributed by atoms with Gasteiger partial charge in [0.1, 0.15) is 5.39 Å². The van der Waals surface area contributed by atoms with E-state index in [9.17, 15) is 9.59 Å². The summed E-state index contributed by atoms with van der Waals surface area (Å²) in [6.45, 7) is 2.84. The second-order valence-electron chi connectivity index (χ2n) is 9.66. The van der Waals surface area contributed by atoms with Crippen molar-refractivity contribution in [3.05, 3.63) is 86.8 Å². The summed E-state index contributed by atoms with van der Waals surface area (Å²) in [6.07, 6.45) is 7.17. The lowest BCUT2D eigenvalue weighted by Gasteiger charge is -2.25. The Hall–Kier alpha value is -4.44. The van der Waals surface area contributed by atoms with Crippen LogP contribution in [0, 0.1) is 0 Å². The van der Waals surface area contributed by atoms with Crippen LogP contribution in [-0.2, 0) is 26.1 Å². The summed E-state index contributed by atoms with van der Waals surface area (Å²) >= 11 is 0. The first-order chi connectivity index (χ1) is 18.0. The van der Waals surface area contributed by atoms with Gasteiger partial charge in [0.15, 0.2) is 11.2 Å². The second kappa shape index (κ2) is 8.31. The minimum absolute atomic E-state index is 0.174. The van der Waals surface area contributed by atoms with Crippen molar-refractivity contribution < 1.29 is 4.42 Å². The van der Waals surface area contributed by atoms with E-state index in [2.05, 4.69) is 34.4 Å². The molecule has 0 fully saturated rings. The molecule has 0 unspecified atom stereocenters. The largest absolute Gasteiger partial charge is 0.419 e. The van der Waals surface area contributed by atoms with Crippen LogP contribution < -0.4 is 16.6 Å². The van der Waals surface area contributed by atoms with Crippen molar-refractivity contribution >= 4 is 33.8 Å². The number of hydrogen-bond donors (Lipinski definition) is 1. The molecule has 2 bridgehead atoms. The van der Waals surface area contributed by atoms with Gasteiger partial charge in [0.25, 0.3) is 5.56 Å². The number of hydrogen-bond acceptors (Lipinski definition) is 7. The molecule has 10 nitrogen and oxygen atoms in total. The van der Waals surface area contributed by atoms with Crippen LogP contribution in [0.15, 0.2) is 68.8 Å². The number of rotatable bonds is 2. The Balaban J connectivity index is 1.37. The summed E-state index contributed by atoms with van der Waals surface area (Å²) in [7, 11) is 2.13. The maximum absolute atomic E-state index is 13.4. The van der Waals surface area contributed by atoms with Crippen LogP contribution in [0.2, 0.25) is 0 Å². The maximum atomic E-state index is 13.4. The molecule has 37 heavy (non-hydrogen) atoms. The number of aromatic nitrogens is 5. The van der Waals surface area contributed by atoms with Crippen molar-refractivity contribution in [2.24, 2.45) is 0 Å². The van der Waals surface area contributed by atoms with E-state index in [1.54, 1.807) is 26.2 Å². The van der Waals surface area contributed by atoms with Crippen molar-refractivity contribution in [1.29, 1.82) is 0 Å². The van der Waals surface area contributed by atoms with Crippen LogP contribution in [0.25, 0.3) is 27.8 Å². The third-order valence-corrected chi connectivity index (χ3v) is 7.20. The highest BCUT2D eigenvalue weighted by atomic mass is 16.4. The Morgan fingerprint density at radius 3 is 2.86 bits per heavy atom. The standard InChI is InChI=1S/C27H25N7O3/c1-31-12-9-17-5-6-19(13-18(17)16-31)29-26-28-15-21-24(30-26)34-20-7-8-23-22(14-20)32(27(36)37-23)10-3-2-4-11-33(34)25(21)35/h2,4-8,13-15H,3,9-12,16H2,1H3,(H,28,29,30)/b4-2+. The molecule has 1 N–H and O–H groups in total. The average molecular weight is 496 g/mol. The van der Waals surface area contributed by atoms with E-state index in [-0.39, 0.29) is 11.3 Å². The van der Waals surface area contributed by atoms with E-state index in [0.29, 0.717) is 53.3 Å². The molecule has 5 aromatic rings. The van der Waals surface area contributed by atoms with Crippen LogP contribution in [0.1, 0.15) is 17.5 Å². The molecule has 2 aliphatic rings. The SMILES string of the molecule is CN1CCc2ccc(Nc3ncc4c(=O)n5n(c4n3)-c3ccc4oc(=O)n(c4c3)CC/C=C/C5)cc2C1. The molecular weight excluding hydrogens is 470 g/mol. The highest BCUT2D eigenvalue weighted by Gasteiger charge is 2.20. The quantitative estimate of drug-likeness (QED) is 0.375. The first kappa shape index (κ1) is 21.8. The lowest BCUT2D eigenvalue weighted by molar-refractivity contribution is 0.313. The maximum Gasteiger partial charge on any atom is 0.419 e. The highest BCUT2D eigenvalue weighted by Crippen LogP contribution is 2.25. The first-order valence-corrected chi connectivity index (χ1v) is 12.4. The Morgan fingerprint density at radius 2 is 1.95 bits per heavy atom. The minimum atomic E-state index is -0.389. The molecule has 0 amide bonds. The fourth-order valence-corrected chi connectivity index (χ4v) is 5.31. The summed E-state index contributed by atoms with van der Waals surface area (Å²) in [5.74, 6) is 0.0169. The summed E-state index contributed by atoms with van der Waals surface area (Å²) < 4.78 is 10.5. The fourth-order valence-electron chi connectivity index (χ4n) is 5.31. The molecule has 186 valence electrons. The third-order valence-electron chi connectivity index (χ3n) is 7.20. The van der Waals surface area contributed by atoms with Gasteiger partial charge in [0.05, 0.1) is 17.7 Å². The van der Waals surface area contributed by atoms with Gasteiger partial charge in [0, 0.05) is 31.5 Å². The number of likely N-dealkylation sites (N-methyl/N-ethyl adjacent to an activating group) is 1. The zero-order valence-corrected chi connectivity index (χ0v) is 20.3. The van der Waals surface area contributed by atoms with E-state index in [1.807, 2.05) is 30.4 Å². The lowest BCUT2D eigenvalue weighted by atomic mass is 9.99. The Kier molecular flexibility index (Phi) is 4.90. The third kappa shape index (κ3) is 3.60. The van der Waals surface area contributed by atoms with Crippen molar-refractivity contribution in [3.8, 4) is 5.69 Å².